The molecule has 0 aliphatic carbocycles. The topological polar surface area (TPSA) is 79.5 Å². The zero-order valence-electron chi connectivity index (χ0n) is 10.9. The van der Waals surface area contributed by atoms with Gasteiger partial charge in [0, 0.05) is 18.5 Å². The minimum Gasteiger partial charge on any atom is -0.395 e. The molecule has 0 fully saturated rings. The second-order valence-corrected chi connectivity index (χ2v) is 4.22. The number of fused-ring (bicyclic) bond motifs is 1. The van der Waals surface area contributed by atoms with Crippen molar-refractivity contribution in [2.75, 3.05) is 24.6 Å². The summed E-state index contributed by atoms with van der Waals surface area (Å²) in [6, 6.07) is 7.23. The van der Waals surface area contributed by atoms with Crippen LogP contribution in [0.1, 0.15) is 0 Å². The highest BCUT2D eigenvalue weighted by Crippen LogP contribution is 2.34. The fourth-order valence-corrected chi connectivity index (χ4v) is 2.15. The van der Waals surface area contributed by atoms with Gasteiger partial charge >= 0.3 is 5.69 Å². The van der Waals surface area contributed by atoms with E-state index in [0.29, 0.717) is 29.7 Å². The summed E-state index contributed by atoms with van der Waals surface area (Å²) in [5.41, 5.74) is 1.08. The third kappa shape index (κ3) is 2.60. The summed E-state index contributed by atoms with van der Waals surface area (Å²) in [5, 5.41) is 21.1. The molecule has 0 aliphatic heterocycles. The Balaban J connectivity index is 2.70. The first-order chi connectivity index (χ1) is 9.69. The van der Waals surface area contributed by atoms with E-state index in [1.807, 2.05) is 12.1 Å². The number of nitrogens with zero attached hydrogens (tertiary/aromatic N) is 3. The molecule has 0 saturated carbocycles. The molecule has 0 atom stereocenters. The fraction of sp³-hybridized carbons (Fsp3) is 0.214. The molecule has 1 heterocycles. The molecule has 0 aliphatic rings. The van der Waals surface area contributed by atoms with Crippen LogP contribution in [0.3, 0.4) is 0 Å². The number of aliphatic hydroxyl groups excluding tert-OH is 1. The highest BCUT2D eigenvalue weighted by atomic mass is 16.6. The van der Waals surface area contributed by atoms with Gasteiger partial charge in [-0.1, -0.05) is 24.3 Å². The maximum absolute atomic E-state index is 11.2. The van der Waals surface area contributed by atoms with E-state index in [2.05, 4.69) is 11.6 Å². The molecule has 1 N–H and O–H groups in total. The molecule has 0 bridgehead atoms. The quantitative estimate of drug-likeness (QED) is 0.495. The number of aliphatic hydroxyl groups is 1. The SMILES string of the molecule is C=CCN(CCO)c1c([N+](=O)[O-])cnc2ccccc12. The lowest BCUT2D eigenvalue weighted by Gasteiger charge is -2.23. The number of hydrogen-bond acceptors (Lipinski definition) is 5. The highest BCUT2D eigenvalue weighted by molar-refractivity contribution is 5.96. The zero-order valence-corrected chi connectivity index (χ0v) is 10.9. The van der Waals surface area contributed by atoms with Gasteiger partial charge in [-0.25, -0.2) is 4.98 Å². The summed E-state index contributed by atoms with van der Waals surface area (Å²) < 4.78 is 0. The molecule has 0 saturated heterocycles. The second kappa shape index (κ2) is 6.12. The van der Waals surface area contributed by atoms with Crippen molar-refractivity contribution in [1.82, 2.24) is 4.98 Å². The van der Waals surface area contributed by atoms with Gasteiger partial charge in [-0.15, -0.1) is 6.58 Å². The van der Waals surface area contributed by atoms with Crippen molar-refractivity contribution in [3.8, 4) is 0 Å². The Morgan fingerprint density at radius 1 is 1.45 bits per heavy atom. The molecule has 2 rings (SSSR count). The molecule has 0 radical (unpaired) electrons. The van der Waals surface area contributed by atoms with Crippen molar-refractivity contribution in [1.29, 1.82) is 0 Å². The van der Waals surface area contributed by atoms with Crippen LogP contribution in [0.2, 0.25) is 0 Å². The lowest BCUT2D eigenvalue weighted by Crippen LogP contribution is -2.27. The van der Waals surface area contributed by atoms with Gasteiger partial charge in [-0.05, 0) is 6.07 Å². The molecular formula is C14H15N3O3. The standard InChI is InChI=1S/C14H15N3O3/c1-2-7-16(8-9-18)14-11-5-3-4-6-12(11)15-10-13(14)17(19)20/h2-6,10,18H,1,7-9H2. The lowest BCUT2D eigenvalue weighted by atomic mass is 10.1. The van der Waals surface area contributed by atoms with E-state index in [1.54, 1.807) is 23.1 Å². The van der Waals surface area contributed by atoms with Crippen molar-refractivity contribution in [2.45, 2.75) is 0 Å². The van der Waals surface area contributed by atoms with Crippen LogP contribution < -0.4 is 4.90 Å². The Kier molecular flexibility index (Phi) is 4.27. The minimum absolute atomic E-state index is 0.0704. The Labute approximate surface area is 116 Å². The van der Waals surface area contributed by atoms with Crippen LogP contribution in [0.15, 0.2) is 43.1 Å². The van der Waals surface area contributed by atoms with Gasteiger partial charge in [-0.3, -0.25) is 10.1 Å². The molecule has 0 spiro atoms. The maximum atomic E-state index is 11.2. The summed E-state index contributed by atoms with van der Waals surface area (Å²) in [5.74, 6) is 0. The van der Waals surface area contributed by atoms with E-state index in [1.165, 1.54) is 6.20 Å². The number of nitro groups is 1. The predicted octanol–water partition coefficient (Wildman–Crippen LogP) is 2.13. The van der Waals surface area contributed by atoms with Crippen LogP contribution in [0.5, 0.6) is 0 Å². The molecule has 0 unspecified atom stereocenters. The van der Waals surface area contributed by atoms with E-state index in [4.69, 9.17) is 5.11 Å². The van der Waals surface area contributed by atoms with E-state index >= 15 is 0 Å². The third-order valence-corrected chi connectivity index (χ3v) is 2.96. The van der Waals surface area contributed by atoms with Crippen molar-refractivity contribution < 1.29 is 10.0 Å². The average molecular weight is 273 g/mol. The number of anilines is 1. The van der Waals surface area contributed by atoms with Gasteiger partial charge in [0.15, 0.2) is 0 Å². The largest absolute Gasteiger partial charge is 0.395 e. The molecule has 0 amide bonds. The number of hydrogen-bond donors (Lipinski definition) is 1. The molecule has 104 valence electrons. The molecular weight excluding hydrogens is 258 g/mol. The van der Waals surface area contributed by atoms with E-state index < -0.39 is 4.92 Å². The van der Waals surface area contributed by atoms with Crippen molar-refractivity contribution in [3.63, 3.8) is 0 Å². The number of para-hydroxylation sites is 1. The van der Waals surface area contributed by atoms with Crippen LogP contribution >= 0.6 is 0 Å². The maximum Gasteiger partial charge on any atom is 0.311 e. The molecule has 6 heteroatoms. The smallest absolute Gasteiger partial charge is 0.311 e. The molecule has 6 nitrogen and oxygen atoms in total. The fourth-order valence-electron chi connectivity index (χ4n) is 2.15. The normalized spacial score (nSPS) is 10.4. The summed E-state index contributed by atoms with van der Waals surface area (Å²) in [7, 11) is 0. The van der Waals surface area contributed by atoms with Gasteiger partial charge < -0.3 is 10.0 Å². The first kappa shape index (κ1) is 14.0. The van der Waals surface area contributed by atoms with Crippen molar-refractivity contribution in [3.05, 3.63) is 53.2 Å². The van der Waals surface area contributed by atoms with E-state index in [-0.39, 0.29) is 12.3 Å². The second-order valence-electron chi connectivity index (χ2n) is 4.22. The zero-order chi connectivity index (χ0) is 14.5. The van der Waals surface area contributed by atoms with Crippen LogP contribution in [-0.2, 0) is 0 Å². The lowest BCUT2D eigenvalue weighted by molar-refractivity contribution is -0.384. The van der Waals surface area contributed by atoms with Crippen LogP contribution in [0.25, 0.3) is 10.9 Å². The molecule has 2 aromatic rings. The van der Waals surface area contributed by atoms with Gasteiger partial charge in [0.2, 0.25) is 0 Å². The molecule has 20 heavy (non-hydrogen) atoms. The number of pyridine rings is 1. The number of aromatic nitrogens is 1. The highest BCUT2D eigenvalue weighted by Gasteiger charge is 2.22. The van der Waals surface area contributed by atoms with Crippen LogP contribution in [-0.4, -0.2) is 34.7 Å². The van der Waals surface area contributed by atoms with Gasteiger partial charge in [0.1, 0.15) is 11.9 Å². The first-order valence-electron chi connectivity index (χ1n) is 6.18. The Bertz CT molecular complexity index is 643. The average Bonchev–Trinajstić information content (AvgIpc) is 2.45. The van der Waals surface area contributed by atoms with E-state index in [9.17, 15) is 10.1 Å². The predicted molar refractivity (Wildman–Crippen MR) is 77.9 cm³/mol. The van der Waals surface area contributed by atoms with Gasteiger partial charge in [0.25, 0.3) is 0 Å². The summed E-state index contributed by atoms with van der Waals surface area (Å²) in [6.45, 7) is 4.26. The number of rotatable bonds is 6. The minimum atomic E-state index is -0.456. The van der Waals surface area contributed by atoms with Gasteiger partial charge in [-0.2, -0.15) is 0 Å². The van der Waals surface area contributed by atoms with Crippen LogP contribution in [0.4, 0.5) is 11.4 Å². The first-order valence-corrected chi connectivity index (χ1v) is 6.18. The van der Waals surface area contributed by atoms with E-state index in [0.717, 1.165) is 0 Å². The summed E-state index contributed by atoms with van der Waals surface area (Å²) in [6.07, 6.45) is 2.90. The summed E-state index contributed by atoms with van der Waals surface area (Å²) in [4.78, 5) is 16.6. The molecule has 1 aromatic carbocycles. The Hall–Kier alpha value is -2.47. The summed E-state index contributed by atoms with van der Waals surface area (Å²) >= 11 is 0. The Morgan fingerprint density at radius 3 is 2.85 bits per heavy atom. The monoisotopic (exact) mass is 273 g/mol. The van der Waals surface area contributed by atoms with Gasteiger partial charge in [0.05, 0.1) is 17.0 Å². The number of benzene rings is 1. The Morgan fingerprint density at radius 2 is 2.20 bits per heavy atom. The third-order valence-electron chi connectivity index (χ3n) is 2.96. The molecule has 1 aromatic heterocycles. The van der Waals surface area contributed by atoms with Crippen LogP contribution in [0, 0.1) is 10.1 Å². The van der Waals surface area contributed by atoms with Crippen molar-refractivity contribution >= 4 is 22.3 Å². The van der Waals surface area contributed by atoms with Crippen molar-refractivity contribution in [2.24, 2.45) is 0 Å².